The molecule has 1 fully saturated rings. The second kappa shape index (κ2) is 4.49. The van der Waals surface area contributed by atoms with Crippen molar-refractivity contribution in [2.45, 2.75) is 18.2 Å². The Kier molecular flexibility index (Phi) is 3.06. The molecule has 2 rings (SSSR count). The summed E-state index contributed by atoms with van der Waals surface area (Å²) >= 11 is 1.21. The first-order valence-corrected chi connectivity index (χ1v) is 5.65. The van der Waals surface area contributed by atoms with Crippen LogP contribution in [-0.2, 0) is 16.0 Å². The lowest BCUT2D eigenvalue weighted by Crippen LogP contribution is -2.46. The van der Waals surface area contributed by atoms with Crippen molar-refractivity contribution in [2.24, 2.45) is 0 Å². The number of rotatable bonds is 3. The van der Waals surface area contributed by atoms with Gasteiger partial charge in [-0.1, -0.05) is 42.1 Å². The molecule has 0 radical (unpaired) electrons. The molecule has 1 aromatic carbocycles. The minimum Gasteiger partial charge on any atom is -0.343 e. The van der Waals surface area contributed by atoms with Crippen LogP contribution in [0.1, 0.15) is 12.0 Å². The van der Waals surface area contributed by atoms with Crippen LogP contribution in [0.3, 0.4) is 0 Å². The molecule has 1 aliphatic heterocycles. The van der Waals surface area contributed by atoms with Gasteiger partial charge in [0, 0.05) is 6.42 Å². The Bertz CT molecular complexity index is 369. The Morgan fingerprint density at radius 1 is 1.40 bits per heavy atom. The molecule has 0 aliphatic carbocycles. The molecule has 0 bridgehead atoms. The quantitative estimate of drug-likeness (QED) is 0.783. The molecule has 15 heavy (non-hydrogen) atoms. The Hall–Kier alpha value is -1.29. The van der Waals surface area contributed by atoms with Crippen molar-refractivity contribution in [1.29, 1.82) is 0 Å². The summed E-state index contributed by atoms with van der Waals surface area (Å²) in [5.41, 5.74) is 1.01. The van der Waals surface area contributed by atoms with E-state index in [9.17, 15) is 9.59 Å². The zero-order valence-corrected chi connectivity index (χ0v) is 8.92. The van der Waals surface area contributed by atoms with Gasteiger partial charge in [0.05, 0.1) is 11.8 Å². The Balaban J connectivity index is 1.80. The van der Waals surface area contributed by atoms with E-state index >= 15 is 0 Å². The van der Waals surface area contributed by atoms with E-state index in [2.05, 4.69) is 5.32 Å². The average Bonchev–Trinajstić information content (AvgIpc) is 2.17. The van der Waals surface area contributed by atoms with Crippen LogP contribution in [0.2, 0.25) is 0 Å². The zero-order chi connectivity index (χ0) is 10.7. The van der Waals surface area contributed by atoms with E-state index < -0.39 is 0 Å². The Morgan fingerprint density at radius 3 is 2.67 bits per heavy atom. The van der Waals surface area contributed by atoms with Crippen LogP contribution in [0.4, 0.5) is 0 Å². The van der Waals surface area contributed by atoms with E-state index in [0.717, 1.165) is 5.56 Å². The summed E-state index contributed by atoms with van der Waals surface area (Å²) in [5.74, 6) is 0.0278. The van der Waals surface area contributed by atoms with Crippen LogP contribution in [0.15, 0.2) is 30.3 Å². The third-order valence-electron chi connectivity index (χ3n) is 2.16. The number of carbonyl (C=O) groups excluding carboxylic acids is 2. The van der Waals surface area contributed by atoms with Crippen LogP contribution in [0.5, 0.6) is 0 Å². The van der Waals surface area contributed by atoms with Gasteiger partial charge in [0.1, 0.15) is 0 Å². The summed E-state index contributed by atoms with van der Waals surface area (Å²) in [6, 6.07) is 9.61. The van der Waals surface area contributed by atoms with E-state index in [1.54, 1.807) is 0 Å². The fraction of sp³-hybridized carbons (Fsp3) is 0.273. The Morgan fingerprint density at radius 2 is 2.07 bits per heavy atom. The van der Waals surface area contributed by atoms with Gasteiger partial charge < -0.3 is 5.32 Å². The monoisotopic (exact) mass is 221 g/mol. The summed E-state index contributed by atoms with van der Waals surface area (Å²) in [6.45, 7) is 0. The summed E-state index contributed by atoms with van der Waals surface area (Å²) in [7, 11) is 0. The van der Waals surface area contributed by atoms with Crippen LogP contribution in [0.25, 0.3) is 0 Å². The molecule has 0 aromatic heterocycles. The number of hydrogen-bond acceptors (Lipinski definition) is 3. The van der Waals surface area contributed by atoms with Crippen LogP contribution in [-0.4, -0.2) is 16.4 Å². The summed E-state index contributed by atoms with van der Waals surface area (Å²) < 4.78 is 0. The first-order chi connectivity index (χ1) is 7.24. The minimum absolute atomic E-state index is 0.00582. The van der Waals surface area contributed by atoms with Gasteiger partial charge in [-0.2, -0.15) is 0 Å². The number of thioether (sulfide) groups is 1. The highest BCUT2D eigenvalue weighted by atomic mass is 32.2. The predicted molar refractivity (Wildman–Crippen MR) is 59.3 cm³/mol. The van der Waals surface area contributed by atoms with Crippen molar-refractivity contribution in [3.63, 3.8) is 0 Å². The third-order valence-corrected chi connectivity index (χ3v) is 3.13. The molecule has 4 heteroatoms. The Labute approximate surface area is 92.2 Å². The standard InChI is InChI=1S/C11H11NO2S/c13-9-7-10(12-9)15-11(14)6-8-4-2-1-3-5-8/h1-5,10H,6-7H2,(H,12,13). The van der Waals surface area contributed by atoms with Crippen molar-refractivity contribution in [3.05, 3.63) is 35.9 Å². The van der Waals surface area contributed by atoms with E-state index in [1.165, 1.54) is 11.8 Å². The summed E-state index contributed by atoms with van der Waals surface area (Å²) in [4.78, 5) is 22.1. The molecule has 0 saturated carbocycles. The van der Waals surface area contributed by atoms with E-state index in [-0.39, 0.29) is 16.4 Å². The maximum atomic E-state index is 11.5. The van der Waals surface area contributed by atoms with Gasteiger partial charge in [-0.15, -0.1) is 0 Å². The lowest BCUT2D eigenvalue weighted by Gasteiger charge is -2.25. The van der Waals surface area contributed by atoms with E-state index in [0.29, 0.717) is 12.8 Å². The van der Waals surface area contributed by atoms with Crippen molar-refractivity contribution in [3.8, 4) is 0 Å². The zero-order valence-electron chi connectivity index (χ0n) is 8.10. The van der Waals surface area contributed by atoms with Crippen LogP contribution < -0.4 is 5.32 Å². The number of β-lactam (4-membered cyclic amide) rings is 1. The van der Waals surface area contributed by atoms with Crippen LogP contribution >= 0.6 is 11.8 Å². The minimum atomic E-state index is -0.00582. The van der Waals surface area contributed by atoms with Crippen molar-refractivity contribution in [1.82, 2.24) is 5.32 Å². The molecule has 1 aromatic rings. The number of hydrogen-bond donors (Lipinski definition) is 1. The molecule has 1 amide bonds. The molecular formula is C11H11NO2S. The first-order valence-electron chi connectivity index (χ1n) is 4.77. The normalized spacial score (nSPS) is 19.2. The second-order valence-electron chi connectivity index (χ2n) is 3.41. The topological polar surface area (TPSA) is 46.2 Å². The largest absolute Gasteiger partial charge is 0.343 e. The molecule has 0 spiro atoms. The lowest BCUT2D eigenvalue weighted by molar-refractivity contribution is -0.126. The molecule has 1 unspecified atom stereocenters. The smallest absolute Gasteiger partial charge is 0.223 e. The van der Waals surface area contributed by atoms with Gasteiger partial charge in [-0.3, -0.25) is 9.59 Å². The van der Waals surface area contributed by atoms with E-state index in [1.807, 2.05) is 30.3 Å². The molecule has 1 N–H and O–H groups in total. The maximum absolute atomic E-state index is 11.5. The molecule has 1 heterocycles. The highest BCUT2D eigenvalue weighted by Crippen LogP contribution is 2.21. The predicted octanol–water partition coefficient (Wildman–Crippen LogP) is 1.33. The first kappa shape index (κ1) is 10.2. The lowest BCUT2D eigenvalue weighted by atomic mass is 10.2. The fourth-order valence-electron chi connectivity index (χ4n) is 1.36. The van der Waals surface area contributed by atoms with Crippen molar-refractivity contribution in [2.75, 3.05) is 0 Å². The number of benzene rings is 1. The SMILES string of the molecule is O=C1CC(SC(=O)Cc2ccccc2)N1. The van der Waals surface area contributed by atoms with Gasteiger partial charge in [0.15, 0.2) is 5.12 Å². The van der Waals surface area contributed by atoms with Crippen LogP contribution in [0, 0.1) is 0 Å². The summed E-state index contributed by atoms with van der Waals surface area (Å²) in [5, 5.41) is 2.76. The van der Waals surface area contributed by atoms with Gasteiger partial charge in [-0.05, 0) is 5.56 Å². The molecule has 3 nitrogen and oxygen atoms in total. The summed E-state index contributed by atoms with van der Waals surface area (Å²) in [6.07, 6.45) is 0.892. The van der Waals surface area contributed by atoms with Gasteiger partial charge in [0.25, 0.3) is 0 Å². The van der Waals surface area contributed by atoms with E-state index in [4.69, 9.17) is 0 Å². The molecule has 1 atom stereocenters. The van der Waals surface area contributed by atoms with Gasteiger partial charge in [0.2, 0.25) is 5.91 Å². The molecule has 78 valence electrons. The third kappa shape index (κ3) is 2.83. The van der Waals surface area contributed by atoms with Gasteiger partial charge in [-0.25, -0.2) is 0 Å². The van der Waals surface area contributed by atoms with Gasteiger partial charge >= 0.3 is 0 Å². The van der Waals surface area contributed by atoms with Crippen molar-refractivity contribution < 1.29 is 9.59 Å². The average molecular weight is 221 g/mol. The van der Waals surface area contributed by atoms with Crippen molar-refractivity contribution >= 4 is 22.8 Å². The maximum Gasteiger partial charge on any atom is 0.223 e. The molecular weight excluding hydrogens is 210 g/mol. The number of carbonyl (C=O) groups is 2. The number of amides is 1. The molecule has 1 saturated heterocycles. The highest BCUT2D eigenvalue weighted by Gasteiger charge is 2.27. The highest BCUT2D eigenvalue weighted by molar-refractivity contribution is 8.14. The second-order valence-corrected chi connectivity index (χ2v) is 4.67. The fourth-order valence-corrected chi connectivity index (χ4v) is 2.35. The molecule has 1 aliphatic rings. The number of nitrogens with one attached hydrogen (secondary N) is 1.